The largest absolute Gasteiger partial charge is 0.290 e. The fraction of sp³-hybridized carbons (Fsp3) is 0.333. The Hall–Kier alpha value is -0.510. The van der Waals surface area contributed by atoms with E-state index in [4.69, 9.17) is 0 Å². The zero-order valence-electron chi connectivity index (χ0n) is 3.97. The molecule has 0 aliphatic heterocycles. The molecule has 0 aromatic carbocycles. The Balaban J connectivity index is 3.53. The second-order valence-electron chi connectivity index (χ2n) is 1.15. The molecular weight excluding hydrogens is 114 g/mol. The van der Waals surface area contributed by atoms with Gasteiger partial charge in [0.1, 0.15) is 0 Å². The Labute approximate surface area is 44.1 Å². The standard InChI is InChI=1S/C3H7NO2S/c1-3(2)4-7(5)6/h7H,1H2,2H3,(H,4,5,6). The molecule has 7 heavy (non-hydrogen) atoms. The summed E-state index contributed by atoms with van der Waals surface area (Å²) in [6.07, 6.45) is 0. The van der Waals surface area contributed by atoms with Gasteiger partial charge < -0.3 is 0 Å². The highest BCUT2D eigenvalue weighted by atomic mass is 32.2. The SMILES string of the molecule is C=C(C)N[SH](=O)=O. The first kappa shape index (κ1) is 6.49. The van der Waals surface area contributed by atoms with Gasteiger partial charge in [-0.3, -0.25) is 4.72 Å². The molecular formula is C3H7NO2S. The van der Waals surface area contributed by atoms with Crippen molar-refractivity contribution in [2.75, 3.05) is 0 Å². The fourth-order valence-electron chi connectivity index (χ4n) is 0.156. The smallest absolute Gasteiger partial charge is 0.222 e. The Morgan fingerprint density at radius 3 is 2.14 bits per heavy atom. The topological polar surface area (TPSA) is 46.2 Å². The molecule has 0 aromatic rings. The summed E-state index contributed by atoms with van der Waals surface area (Å²) in [4.78, 5) is 0. The molecule has 0 saturated heterocycles. The van der Waals surface area contributed by atoms with E-state index < -0.39 is 10.9 Å². The Kier molecular flexibility index (Phi) is 2.44. The first-order valence-corrected chi connectivity index (χ1v) is 2.87. The van der Waals surface area contributed by atoms with Gasteiger partial charge >= 0.3 is 0 Å². The first-order valence-electron chi connectivity index (χ1n) is 1.69. The Morgan fingerprint density at radius 2 is 2.14 bits per heavy atom. The van der Waals surface area contributed by atoms with E-state index in [-0.39, 0.29) is 0 Å². The number of nitrogens with one attached hydrogen (secondary N) is 1. The predicted molar refractivity (Wildman–Crippen MR) is 28.3 cm³/mol. The van der Waals surface area contributed by atoms with E-state index in [9.17, 15) is 8.42 Å². The molecule has 1 N–H and O–H groups in total. The van der Waals surface area contributed by atoms with Gasteiger partial charge in [-0.1, -0.05) is 6.58 Å². The van der Waals surface area contributed by atoms with Crippen LogP contribution in [0.4, 0.5) is 0 Å². The molecule has 0 aliphatic rings. The quantitative estimate of drug-likeness (QED) is 0.490. The molecule has 0 saturated carbocycles. The van der Waals surface area contributed by atoms with Gasteiger partial charge in [0.15, 0.2) is 0 Å². The van der Waals surface area contributed by atoms with Gasteiger partial charge in [0.2, 0.25) is 10.9 Å². The Morgan fingerprint density at radius 1 is 1.71 bits per heavy atom. The summed E-state index contributed by atoms with van der Waals surface area (Å²) in [6, 6.07) is 0. The lowest BCUT2D eigenvalue weighted by Crippen LogP contribution is -2.05. The minimum atomic E-state index is -2.49. The molecule has 42 valence electrons. The zero-order chi connectivity index (χ0) is 5.86. The number of rotatable bonds is 2. The predicted octanol–water partition coefficient (Wildman–Crippen LogP) is -0.364. The Bertz CT molecular complexity index is 130. The molecule has 0 aliphatic carbocycles. The summed E-state index contributed by atoms with van der Waals surface area (Å²) < 4.78 is 21.4. The van der Waals surface area contributed by atoms with Crippen LogP contribution in [0.3, 0.4) is 0 Å². The molecule has 0 unspecified atom stereocenters. The lowest BCUT2D eigenvalue weighted by molar-refractivity contribution is 0.608. The number of allylic oxidation sites excluding steroid dienone is 1. The van der Waals surface area contributed by atoms with Crippen LogP contribution in [-0.4, -0.2) is 8.42 Å². The van der Waals surface area contributed by atoms with Crippen molar-refractivity contribution in [1.29, 1.82) is 0 Å². The summed E-state index contributed by atoms with van der Waals surface area (Å²) >= 11 is 0. The maximum Gasteiger partial charge on any atom is 0.222 e. The molecule has 0 atom stereocenters. The molecule has 0 aromatic heterocycles. The summed E-state index contributed by atoms with van der Waals surface area (Å²) in [7, 11) is -2.49. The summed E-state index contributed by atoms with van der Waals surface area (Å²) in [6.45, 7) is 4.87. The highest BCUT2D eigenvalue weighted by molar-refractivity contribution is 7.70. The summed E-state index contributed by atoms with van der Waals surface area (Å²) in [5.41, 5.74) is 0.441. The molecule has 0 fully saturated rings. The van der Waals surface area contributed by atoms with E-state index in [1.54, 1.807) is 6.92 Å². The van der Waals surface area contributed by atoms with Crippen LogP contribution in [0.5, 0.6) is 0 Å². The molecule has 3 nitrogen and oxygen atoms in total. The number of hydrogen-bond acceptors (Lipinski definition) is 2. The third-order valence-electron chi connectivity index (χ3n) is 0.282. The van der Waals surface area contributed by atoms with Crippen LogP contribution < -0.4 is 4.72 Å². The van der Waals surface area contributed by atoms with E-state index in [0.717, 1.165) is 0 Å². The number of thiol groups is 1. The van der Waals surface area contributed by atoms with Gasteiger partial charge in [0.05, 0.1) is 0 Å². The molecule has 0 spiro atoms. The minimum Gasteiger partial charge on any atom is -0.290 e. The maximum absolute atomic E-state index is 9.67. The van der Waals surface area contributed by atoms with Crippen molar-refractivity contribution >= 4 is 10.9 Å². The van der Waals surface area contributed by atoms with Crippen molar-refractivity contribution in [3.8, 4) is 0 Å². The highest BCUT2D eigenvalue weighted by Crippen LogP contribution is 1.73. The van der Waals surface area contributed by atoms with Gasteiger partial charge in [0.25, 0.3) is 0 Å². The minimum absolute atomic E-state index is 0.441. The first-order chi connectivity index (χ1) is 3.13. The summed E-state index contributed by atoms with van der Waals surface area (Å²) in [5.74, 6) is 0. The van der Waals surface area contributed by atoms with Crippen LogP contribution in [0, 0.1) is 0 Å². The van der Waals surface area contributed by atoms with E-state index >= 15 is 0 Å². The zero-order valence-corrected chi connectivity index (χ0v) is 4.87. The lowest BCUT2D eigenvalue weighted by Gasteiger charge is -1.88. The molecule has 0 bridgehead atoms. The average Bonchev–Trinajstić information content (AvgIpc) is 1.27. The van der Waals surface area contributed by atoms with Gasteiger partial charge in [-0.05, 0) is 6.92 Å². The van der Waals surface area contributed by atoms with Crippen molar-refractivity contribution in [3.05, 3.63) is 12.3 Å². The van der Waals surface area contributed by atoms with Gasteiger partial charge in [0, 0.05) is 5.70 Å². The molecule has 0 rings (SSSR count). The normalized spacial score (nSPS) is 8.86. The molecule has 0 amide bonds. The monoisotopic (exact) mass is 121 g/mol. The lowest BCUT2D eigenvalue weighted by atomic mass is 10.6. The highest BCUT2D eigenvalue weighted by Gasteiger charge is 1.77. The van der Waals surface area contributed by atoms with Crippen molar-refractivity contribution in [2.24, 2.45) is 0 Å². The second kappa shape index (κ2) is 2.63. The van der Waals surface area contributed by atoms with Crippen LogP contribution in [0.25, 0.3) is 0 Å². The van der Waals surface area contributed by atoms with Gasteiger partial charge in [-0.15, -0.1) is 0 Å². The van der Waals surface area contributed by atoms with Crippen molar-refractivity contribution < 1.29 is 8.42 Å². The molecule has 0 heterocycles. The fourth-order valence-corrected chi connectivity index (χ4v) is 0.468. The van der Waals surface area contributed by atoms with Crippen molar-refractivity contribution in [1.82, 2.24) is 4.72 Å². The molecule has 0 radical (unpaired) electrons. The van der Waals surface area contributed by atoms with Crippen LogP contribution in [-0.2, 0) is 10.9 Å². The average molecular weight is 121 g/mol. The number of hydrogen-bond donors (Lipinski definition) is 2. The third-order valence-corrected chi connectivity index (χ3v) is 0.846. The van der Waals surface area contributed by atoms with E-state index in [2.05, 4.69) is 11.3 Å². The van der Waals surface area contributed by atoms with E-state index in [0.29, 0.717) is 5.70 Å². The van der Waals surface area contributed by atoms with Gasteiger partial charge in [-0.25, -0.2) is 8.42 Å². The van der Waals surface area contributed by atoms with Crippen LogP contribution in [0.15, 0.2) is 12.3 Å². The third kappa shape index (κ3) is 5.49. The van der Waals surface area contributed by atoms with Crippen LogP contribution in [0.1, 0.15) is 6.92 Å². The van der Waals surface area contributed by atoms with Gasteiger partial charge in [-0.2, -0.15) is 0 Å². The van der Waals surface area contributed by atoms with E-state index in [1.165, 1.54) is 0 Å². The van der Waals surface area contributed by atoms with E-state index in [1.807, 2.05) is 0 Å². The second-order valence-corrected chi connectivity index (χ2v) is 1.89. The molecule has 4 heteroatoms. The van der Waals surface area contributed by atoms with Crippen molar-refractivity contribution in [3.63, 3.8) is 0 Å². The van der Waals surface area contributed by atoms with Crippen LogP contribution in [0.2, 0.25) is 0 Å². The van der Waals surface area contributed by atoms with Crippen molar-refractivity contribution in [2.45, 2.75) is 6.92 Å². The summed E-state index contributed by atoms with van der Waals surface area (Å²) in [5, 5.41) is 0. The maximum atomic E-state index is 9.67. The van der Waals surface area contributed by atoms with Crippen LogP contribution >= 0.6 is 0 Å².